The zero-order valence-electron chi connectivity index (χ0n) is 25.3. The largest absolute Gasteiger partial charge is 0.496 e. The number of methoxy groups -OCH3 is 1. The minimum atomic E-state index is 0.467. The van der Waals surface area contributed by atoms with Crippen molar-refractivity contribution in [2.75, 3.05) is 40.2 Å². The minimum absolute atomic E-state index is 0.467. The van der Waals surface area contributed by atoms with E-state index in [1.54, 1.807) is 7.11 Å². The highest BCUT2D eigenvalue weighted by Crippen LogP contribution is 2.37. The standard InChI is InChI=1S/C34H50N2O/c1-22(2)26-12-13-33(37-11)29(17-26)20-31-19-28(24(5)6)18-30(34(31)36(9)10)15-25-14-27(23(3)4)21-32(16-25)35(7)8/h12-14,16-19,22-24,27H,15,20-21H2,1-11H3. The lowest BCUT2D eigenvalue weighted by Gasteiger charge is -2.30. The van der Waals surface area contributed by atoms with Crippen molar-refractivity contribution in [3.05, 3.63) is 81.6 Å². The molecule has 0 radical (unpaired) electrons. The van der Waals surface area contributed by atoms with E-state index in [1.807, 2.05) is 0 Å². The molecule has 0 aliphatic heterocycles. The molecule has 3 rings (SSSR count). The fourth-order valence-electron chi connectivity index (χ4n) is 5.43. The van der Waals surface area contributed by atoms with Crippen LogP contribution in [0.3, 0.4) is 0 Å². The first-order valence-corrected chi connectivity index (χ1v) is 14.0. The van der Waals surface area contributed by atoms with Crippen molar-refractivity contribution in [1.82, 2.24) is 4.90 Å². The molecule has 0 fully saturated rings. The van der Waals surface area contributed by atoms with Gasteiger partial charge in [0.05, 0.1) is 7.11 Å². The molecule has 1 atom stereocenters. The molecule has 37 heavy (non-hydrogen) atoms. The van der Waals surface area contributed by atoms with Gasteiger partial charge in [0.15, 0.2) is 0 Å². The lowest BCUT2D eigenvalue weighted by atomic mass is 9.82. The number of anilines is 1. The minimum Gasteiger partial charge on any atom is -0.496 e. The van der Waals surface area contributed by atoms with Crippen LogP contribution < -0.4 is 9.64 Å². The first kappa shape index (κ1) is 28.9. The maximum Gasteiger partial charge on any atom is 0.122 e. The van der Waals surface area contributed by atoms with E-state index in [0.717, 1.165) is 25.0 Å². The van der Waals surface area contributed by atoms with Crippen LogP contribution in [0.5, 0.6) is 5.75 Å². The van der Waals surface area contributed by atoms with Gasteiger partial charge in [-0.25, -0.2) is 0 Å². The summed E-state index contributed by atoms with van der Waals surface area (Å²) in [5.41, 5.74) is 11.0. The third-order valence-corrected chi connectivity index (χ3v) is 7.81. The van der Waals surface area contributed by atoms with Crippen LogP contribution in [0.15, 0.2) is 53.8 Å². The van der Waals surface area contributed by atoms with Crippen LogP contribution in [0.2, 0.25) is 0 Å². The first-order valence-electron chi connectivity index (χ1n) is 14.0. The van der Waals surface area contributed by atoms with E-state index in [0.29, 0.717) is 23.7 Å². The average Bonchev–Trinajstić information content (AvgIpc) is 2.83. The van der Waals surface area contributed by atoms with Crippen molar-refractivity contribution in [3.63, 3.8) is 0 Å². The van der Waals surface area contributed by atoms with Gasteiger partial charge >= 0.3 is 0 Å². The highest BCUT2D eigenvalue weighted by molar-refractivity contribution is 5.64. The molecule has 0 spiro atoms. The number of hydrogen-bond acceptors (Lipinski definition) is 3. The second-order valence-corrected chi connectivity index (χ2v) is 12.2. The second-order valence-electron chi connectivity index (χ2n) is 12.2. The highest BCUT2D eigenvalue weighted by atomic mass is 16.5. The van der Waals surface area contributed by atoms with E-state index in [1.165, 1.54) is 44.8 Å². The Labute approximate surface area is 227 Å². The molecule has 202 valence electrons. The SMILES string of the molecule is COc1ccc(C(C)C)cc1Cc1cc(C(C)C)cc(CC2=CC(C(C)C)CC(N(C)C)=C2)c1N(C)C. The van der Waals surface area contributed by atoms with Gasteiger partial charge in [-0.3, -0.25) is 0 Å². The number of benzene rings is 2. The summed E-state index contributed by atoms with van der Waals surface area (Å²) in [6, 6.07) is 11.6. The Morgan fingerprint density at radius 1 is 0.784 bits per heavy atom. The maximum absolute atomic E-state index is 5.82. The van der Waals surface area contributed by atoms with Crippen molar-refractivity contribution >= 4 is 5.69 Å². The van der Waals surface area contributed by atoms with Gasteiger partial charge in [-0.15, -0.1) is 0 Å². The molecular weight excluding hydrogens is 452 g/mol. The zero-order chi connectivity index (χ0) is 27.4. The third kappa shape index (κ3) is 7.00. The molecule has 1 unspecified atom stereocenters. The van der Waals surface area contributed by atoms with Gasteiger partial charge in [-0.1, -0.05) is 71.9 Å². The number of ether oxygens (including phenoxy) is 1. The van der Waals surface area contributed by atoms with Crippen LogP contribution in [-0.2, 0) is 12.8 Å². The number of rotatable bonds is 10. The van der Waals surface area contributed by atoms with Crippen molar-refractivity contribution in [3.8, 4) is 5.75 Å². The van der Waals surface area contributed by atoms with Gasteiger partial charge in [0, 0.05) is 46.0 Å². The lowest BCUT2D eigenvalue weighted by molar-refractivity contribution is 0.392. The van der Waals surface area contributed by atoms with Crippen LogP contribution in [0.4, 0.5) is 5.69 Å². The molecule has 1 aliphatic carbocycles. The Morgan fingerprint density at radius 2 is 1.38 bits per heavy atom. The molecule has 0 amide bonds. The van der Waals surface area contributed by atoms with E-state index in [-0.39, 0.29) is 0 Å². The molecule has 0 bridgehead atoms. The van der Waals surface area contributed by atoms with Gasteiger partial charge in [0.2, 0.25) is 0 Å². The van der Waals surface area contributed by atoms with E-state index in [2.05, 4.69) is 122 Å². The molecule has 3 heteroatoms. The van der Waals surface area contributed by atoms with E-state index >= 15 is 0 Å². The van der Waals surface area contributed by atoms with Crippen LogP contribution in [-0.4, -0.2) is 40.2 Å². The van der Waals surface area contributed by atoms with Gasteiger partial charge < -0.3 is 14.5 Å². The van der Waals surface area contributed by atoms with E-state index in [9.17, 15) is 0 Å². The summed E-state index contributed by atoms with van der Waals surface area (Å²) in [5, 5.41) is 0. The number of hydrogen-bond donors (Lipinski definition) is 0. The smallest absolute Gasteiger partial charge is 0.122 e. The Hall–Kier alpha value is -2.68. The number of allylic oxidation sites excluding steroid dienone is 4. The molecule has 0 heterocycles. The maximum atomic E-state index is 5.82. The summed E-state index contributed by atoms with van der Waals surface area (Å²) >= 11 is 0. The molecule has 1 aliphatic rings. The molecule has 0 saturated carbocycles. The predicted molar refractivity (Wildman–Crippen MR) is 161 cm³/mol. The third-order valence-electron chi connectivity index (χ3n) is 7.81. The summed E-state index contributed by atoms with van der Waals surface area (Å²) in [4.78, 5) is 4.60. The monoisotopic (exact) mass is 502 g/mol. The van der Waals surface area contributed by atoms with Gasteiger partial charge in [-0.2, -0.15) is 0 Å². The Kier molecular flexibility index (Phi) is 9.56. The zero-order valence-corrected chi connectivity index (χ0v) is 25.3. The van der Waals surface area contributed by atoms with Crippen molar-refractivity contribution in [2.24, 2.45) is 11.8 Å². The fraction of sp³-hybridized carbons (Fsp3) is 0.529. The molecule has 2 aromatic rings. The molecule has 0 N–H and O–H groups in total. The summed E-state index contributed by atoms with van der Waals surface area (Å²) in [7, 11) is 10.5. The molecule has 3 nitrogen and oxygen atoms in total. The van der Waals surface area contributed by atoms with Crippen LogP contribution in [0, 0.1) is 11.8 Å². The topological polar surface area (TPSA) is 15.7 Å². The van der Waals surface area contributed by atoms with Crippen LogP contribution in [0.25, 0.3) is 0 Å². The molecule has 2 aromatic carbocycles. The van der Waals surface area contributed by atoms with Gasteiger partial charge in [-0.05, 0) is 82.0 Å². The Balaban J connectivity index is 2.14. The van der Waals surface area contributed by atoms with Crippen LogP contribution in [0.1, 0.15) is 87.6 Å². The summed E-state index contributed by atoms with van der Waals surface area (Å²) in [5.74, 6) is 3.13. The van der Waals surface area contributed by atoms with Crippen molar-refractivity contribution < 1.29 is 4.74 Å². The molecule has 0 saturated heterocycles. The fourth-order valence-corrected chi connectivity index (χ4v) is 5.43. The van der Waals surface area contributed by atoms with Crippen molar-refractivity contribution in [2.45, 2.75) is 72.6 Å². The quantitative estimate of drug-likeness (QED) is 0.326. The van der Waals surface area contributed by atoms with E-state index in [4.69, 9.17) is 4.74 Å². The summed E-state index contributed by atoms with van der Waals surface area (Å²) in [6.07, 6.45) is 7.89. The normalized spacial score (nSPS) is 15.8. The summed E-state index contributed by atoms with van der Waals surface area (Å²) in [6.45, 7) is 13.8. The first-order chi connectivity index (χ1) is 17.4. The molecule has 0 aromatic heterocycles. The summed E-state index contributed by atoms with van der Waals surface area (Å²) < 4.78 is 5.82. The predicted octanol–water partition coefficient (Wildman–Crippen LogP) is 8.19. The number of nitrogens with zero attached hydrogens (tertiary/aromatic N) is 2. The Morgan fingerprint density at radius 3 is 1.89 bits per heavy atom. The lowest BCUT2D eigenvalue weighted by Crippen LogP contribution is -2.21. The Bertz CT molecular complexity index is 1130. The van der Waals surface area contributed by atoms with Crippen LogP contribution >= 0.6 is 0 Å². The van der Waals surface area contributed by atoms with E-state index < -0.39 is 0 Å². The highest BCUT2D eigenvalue weighted by Gasteiger charge is 2.22. The van der Waals surface area contributed by atoms with Gasteiger partial charge in [0.1, 0.15) is 5.75 Å². The van der Waals surface area contributed by atoms with Gasteiger partial charge in [0.25, 0.3) is 0 Å². The average molecular weight is 503 g/mol. The molecular formula is C34H50N2O. The van der Waals surface area contributed by atoms with Crippen molar-refractivity contribution in [1.29, 1.82) is 0 Å². The second kappa shape index (κ2) is 12.2.